The average molecular weight is 241 g/mol. The first-order valence-corrected chi connectivity index (χ1v) is 5.53. The minimum atomic E-state index is -0.176. The van der Waals surface area contributed by atoms with Gasteiger partial charge in [-0.05, 0) is 12.1 Å². The smallest absolute Gasteiger partial charge is 0.263 e. The molecule has 0 aliphatic heterocycles. The van der Waals surface area contributed by atoms with Gasteiger partial charge in [-0.2, -0.15) is 0 Å². The zero-order valence-electron chi connectivity index (χ0n) is 8.00. The number of carbonyl (C=O) groups excluding carboxylic acids is 1. The minimum Gasteiger partial charge on any atom is -0.397 e. The lowest BCUT2D eigenvalue weighted by atomic mass is 10.2. The Labute approximate surface area is 95.8 Å². The van der Waals surface area contributed by atoms with Crippen LogP contribution in [0.15, 0.2) is 18.2 Å². The van der Waals surface area contributed by atoms with Crippen LogP contribution in [-0.2, 0) is 0 Å². The van der Waals surface area contributed by atoms with Crippen LogP contribution in [0.1, 0.15) is 9.67 Å². The molecule has 1 heterocycles. The van der Waals surface area contributed by atoms with Crippen molar-refractivity contribution in [2.24, 2.45) is 0 Å². The molecule has 0 atom stereocenters. The number of nitrogen functional groups attached to an aromatic ring is 1. The minimum absolute atomic E-state index is 0.176. The van der Waals surface area contributed by atoms with Crippen molar-refractivity contribution >= 4 is 44.6 Å². The predicted molar refractivity (Wildman–Crippen MR) is 64.6 cm³/mol. The summed E-state index contributed by atoms with van der Waals surface area (Å²) in [4.78, 5) is 12.0. The van der Waals surface area contributed by atoms with Gasteiger partial charge in [-0.3, -0.25) is 4.79 Å². The highest BCUT2D eigenvalue weighted by atomic mass is 35.5. The van der Waals surface area contributed by atoms with Crippen molar-refractivity contribution in [1.82, 2.24) is 5.32 Å². The van der Waals surface area contributed by atoms with E-state index in [1.807, 2.05) is 12.1 Å². The van der Waals surface area contributed by atoms with Crippen LogP contribution in [0.4, 0.5) is 5.69 Å². The molecule has 78 valence electrons. The Morgan fingerprint density at radius 1 is 1.53 bits per heavy atom. The summed E-state index contributed by atoms with van der Waals surface area (Å²) in [6.07, 6.45) is 0. The highest BCUT2D eigenvalue weighted by molar-refractivity contribution is 7.21. The van der Waals surface area contributed by atoms with E-state index < -0.39 is 0 Å². The molecular weight excluding hydrogens is 232 g/mol. The molecule has 1 amide bonds. The first-order valence-electron chi connectivity index (χ1n) is 4.33. The Kier molecular flexibility index (Phi) is 2.54. The third kappa shape index (κ3) is 1.56. The van der Waals surface area contributed by atoms with Crippen LogP contribution in [0.3, 0.4) is 0 Å². The Morgan fingerprint density at radius 3 is 2.87 bits per heavy atom. The molecule has 5 heteroatoms. The Hall–Kier alpha value is -1.26. The van der Waals surface area contributed by atoms with Gasteiger partial charge in [-0.15, -0.1) is 11.3 Å². The van der Waals surface area contributed by atoms with E-state index in [1.54, 1.807) is 13.1 Å². The van der Waals surface area contributed by atoms with Crippen LogP contribution in [0, 0.1) is 0 Å². The molecule has 15 heavy (non-hydrogen) atoms. The lowest BCUT2D eigenvalue weighted by molar-refractivity contribution is 0.0968. The number of benzene rings is 1. The second kappa shape index (κ2) is 3.72. The van der Waals surface area contributed by atoms with Crippen molar-refractivity contribution in [3.05, 3.63) is 28.1 Å². The maximum Gasteiger partial charge on any atom is 0.263 e. The fraction of sp³-hybridized carbons (Fsp3) is 0.100. The van der Waals surface area contributed by atoms with Crippen molar-refractivity contribution in [1.29, 1.82) is 0 Å². The quantitative estimate of drug-likeness (QED) is 0.805. The molecule has 0 unspecified atom stereocenters. The van der Waals surface area contributed by atoms with Crippen LogP contribution in [0.25, 0.3) is 10.1 Å². The van der Waals surface area contributed by atoms with Crippen LogP contribution in [0.5, 0.6) is 0 Å². The molecule has 1 aromatic carbocycles. The Balaban J connectivity index is 2.75. The van der Waals surface area contributed by atoms with Crippen molar-refractivity contribution < 1.29 is 4.79 Å². The van der Waals surface area contributed by atoms with Crippen LogP contribution in [-0.4, -0.2) is 13.0 Å². The van der Waals surface area contributed by atoms with Gasteiger partial charge in [0, 0.05) is 17.1 Å². The summed E-state index contributed by atoms with van der Waals surface area (Å²) in [6.45, 7) is 0. The van der Waals surface area contributed by atoms with E-state index >= 15 is 0 Å². The first kappa shape index (κ1) is 10.3. The number of nitrogens with two attached hydrogens (primary N) is 1. The third-order valence-corrected chi connectivity index (χ3v) is 3.62. The second-order valence-electron chi connectivity index (χ2n) is 3.04. The van der Waals surface area contributed by atoms with Gasteiger partial charge in [-0.25, -0.2) is 0 Å². The fourth-order valence-corrected chi connectivity index (χ4v) is 2.84. The largest absolute Gasteiger partial charge is 0.397 e. The van der Waals surface area contributed by atoms with Gasteiger partial charge in [0.25, 0.3) is 5.91 Å². The number of anilines is 1. The highest BCUT2D eigenvalue weighted by Gasteiger charge is 2.16. The monoisotopic (exact) mass is 240 g/mol. The molecule has 2 rings (SSSR count). The molecule has 0 spiro atoms. The summed E-state index contributed by atoms with van der Waals surface area (Å²) in [6, 6.07) is 5.50. The summed E-state index contributed by atoms with van der Waals surface area (Å²) < 4.78 is 0.929. The Morgan fingerprint density at radius 2 is 2.27 bits per heavy atom. The summed E-state index contributed by atoms with van der Waals surface area (Å²) in [5.74, 6) is -0.176. The molecule has 1 aromatic heterocycles. The van der Waals surface area contributed by atoms with E-state index in [0.29, 0.717) is 15.6 Å². The summed E-state index contributed by atoms with van der Waals surface area (Å²) in [7, 11) is 1.58. The highest BCUT2D eigenvalue weighted by Crippen LogP contribution is 2.37. The average Bonchev–Trinajstić information content (AvgIpc) is 2.56. The molecule has 0 aliphatic rings. The molecule has 0 bridgehead atoms. The normalized spacial score (nSPS) is 10.5. The number of amides is 1. The molecule has 0 saturated heterocycles. The standard InChI is InChI=1S/C10H9ClN2OS/c1-13-10(14)9-8(12)7-5(11)3-2-4-6(7)15-9/h2-4H,12H2,1H3,(H,13,14). The van der Waals surface area contributed by atoms with E-state index in [0.717, 1.165) is 10.1 Å². The Bertz CT molecular complexity index is 535. The number of nitrogens with one attached hydrogen (secondary N) is 1. The molecule has 2 aromatic rings. The van der Waals surface area contributed by atoms with Gasteiger partial charge >= 0.3 is 0 Å². The summed E-state index contributed by atoms with van der Waals surface area (Å²) in [5, 5.41) is 3.90. The predicted octanol–water partition coefficient (Wildman–Crippen LogP) is 2.50. The van der Waals surface area contributed by atoms with Crippen molar-refractivity contribution in [2.45, 2.75) is 0 Å². The zero-order chi connectivity index (χ0) is 11.0. The number of rotatable bonds is 1. The number of carbonyl (C=O) groups is 1. The van der Waals surface area contributed by atoms with Gasteiger partial charge in [-0.1, -0.05) is 17.7 Å². The van der Waals surface area contributed by atoms with Crippen LogP contribution < -0.4 is 11.1 Å². The van der Waals surface area contributed by atoms with Gasteiger partial charge in [0.2, 0.25) is 0 Å². The second-order valence-corrected chi connectivity index (χ2v) is 4.50. The fourth-order valence-electron chi connectivity index (χ4n) is 1.41. The maximum absolute atomic E-state index is 11.5. The molecule has 3 nitrogen and oxygen atoms in total. The summed E-state index contributed by atoms with van der Waals surface area (Å²) in [5.41, 5.74) is 6.34. The molecule has 3 N–H and O–H groups in total. The molecule has 0 radical (unpaired) electrons. The van der Waals surface area contributed by atoms with Gasteiger partial charge in [0.15, 0.2) is 0 Å². The number of hydrogen-bond acceptors (Lipinski definition) is 3. The third-order valence-electron chi connectivity index (χ3n) is 2.13. The van der Waals surface area contributed by atoms with E-state index in [1.165, 1.54) is 11.3 Å². The van der Waals surface area contributed by atoms with Gasteiger partial charge < -0.3 is 11.1 Å². The number of halogens is 1. The van der Waals surface area contributed by atoms with Gasteiger partial charge in [0.05, 0.1) is 10.7 Å². The molecular formula is C10H9ClN2OS. The van der Waals surface area contributed by atoms with Crippen molar-refractivity contribution in [2.75, 3.05) is 12.8 Å². The lowest BCUT2D eigenvalue weighted by Gasteiger charge is -1.97. The first-order chi connectivity index (χ1) is 7.15. The SMILES string of the molecule is CNC(=O)c1sc2cccc(Cl)c2c1N. The van der Waals surface area contributed by atoms with E-state index in [4.69, 9.17) is 17.3 Å². The molecule has 0 saturated carbocycles. The lowest BCUT2D eigenvalue weighted by Crippen LogP contribution is -2.17. The van der Waals surface area contributed by atoms with Crippen LogP contribution >= 0.6 is 22.9 Å². The number of fused-ring (bicyclic) bond motifs is 1. The van der Waals surface area contributed by atoms with E-state index in [2.05, 4.69) is 5.32 Å². The topological polar surface area (TPSA) is 55.1 Å². The number of thiophene rings is 1. The van der Waals surface area contributed by atoms with Crippen molar-refractivity contribution in [3.8, 4) is 0 Å². The molecule has 0 fully saturated rings. The summed E-state index contributed by atoms with van der Waals surface area (Å²) >= 11 is 7.37. The van der Waals surface area contributed by atoms with Gasteiger partial charge in [0.1, 0.15) is 4.88 Å². The molecule has 0 aliphatic carbocycles. The maximum atomic E-state index is 11.5. The van der Waals surface area contributed by atoms with E-state index in [-0.39, 0.29) is 5.91 Å². The zero-order valence-corrected chi connectivity index (χ0v) is 9.58. The van der Waals surface area contributed by atoms with Crippen molar-refractivity contribution in [3.63, 3.8) is 0 Å². The number of hydrogen-bond donors (Lipinski definition) is 2. The van der Waals surface area contributed by atoms with E-state index in [9.17, 15) is 4.79 Å². The van der Waals surface area contributed by atoms with Crippen LogP contribution in [0.2, 0.25) is 5.02 Å².